The quantitative estimate of drug-likeness (QED) is 0.366. The lowest BCUT2D eigenvalue weighted by Crippen LogP contribution is -1.88. The number of rotatable bonds is 6. The van der Waals surface area contributed by atoms with Crippen molar-refractivity contribution in [2.45, 2.75) is 59.3 Å². The highest BCUT2D eigenvalue weighted by atomic mass is 16.1. The molecule has 15 heavy (non-hydrogen) atoms. The minimum Gasteiger partial charge on any atom is -0.295 e. The van der Waals surface area contributed by atoms with E-state index < -0.39 is 0 Å². The van der Waals surface area contributed by atoms with Gasteiger partial charge in [0.25, 0.3) is 0 Å². The second-order valence-electron chi connectivity index (χ2n) is 3.79. The molecule has 0 aromatic heterocycles. The highest BCUT2D eigenvalue weighted by Gasteiger charge is 1.94. The zero-order valence-corrected chi connectivity index (χ0v) is 10.2. The van der Waals surface area contributed by atoms with Crippen molar-refractivity contribution in [2.75, 3.05) is 0 Å². The predicted molar refractivity (Wildman–Crippen MR) is 65.6 cm³/mol. The van der Waals surface area contributed by atoms with Crippen LogP contribution in [0.3, 0.4) is 0 Å². The second-order valence-corrected chi connectivity index (χ2v) is 3.79. The summed E-state index contributed by atoms with van der Waals surface area (Å²) >= 11 is 0. The maximum atomic E-state index is 11.0. The van der Waals surface area contributed by atoms with Crippen LogP contribution < -0.4 is 0 Å². The lowest BCUT2D eigenvalue weighted by atomic mass is 10.1. The van der Waals surface area contributed by atoms with Gasteiger partial charge in [-0.2, -0.15) is 0 Å². The molecule has 0 rings (SSSR count). The molecule has 0 saturated heterocycles. The van der Waals surface area contributed by atoms with E-state index in [1.807, 2.05) is 0 Å². The Morgan fingerprint density at radius 1 is 1.20 bits per heavy atom. The van der Waals surface area contributed by atoms with Gasteiger partial charge in [0.1, 0.15) is 0 Å². The van der Waals surface area contributed by atoms with Crippen molar-refractivity contribution in [1.82, 2.24) is 0 Å². The molecule has 0 spiro atoms. The molecular weight excluding hydrogens is 184 g/mol. The fourth-order valence-electron chi connectivity index (χ4n) is 1.22. The van der Waals surface area contributed by atoms with Crippen LogP contribution in [0.5, 0.6) is 0 Å². The fourth-order valence-corrected chi connectivity index (χ4v) is 1.22. The van der Waals surface area contributed by atoms with Crippen LogP contribution >= 0.6 is 0 Å². The molecule has 0 atom stereocenters. The van der Waals surface area contributed by atoms with E-state index >= 15 is 0 Å². The second kappa shape index (κ2) is 9.52. The fraction of sp³-hybridized carbons (Fsp3) is 0.643. The first kappa shape index (κ1) is 14.0. The van der Waals surface area contributed by atoms with Gasteiger partial charge in [-0.25, -0.2) is 0 Å². The van der Waals surface area contributed by atoms with E-state index in [9.17, 15) is 4.79 Å². The first-order valence-electron chi connectivity index (χ1n) is 5.90. The van der Waals surface area contributed by atoms with Crippen LogP contribution in [-0.2, 0) is 4.79 Å². The molecule has 0 aliphatic carbocycles. The van der Waals surface area contributed by atoms with Crippen LogP contribution in [0.1, 0.15) is 59.3 Å². The Labute approximate surface area is 94.0 Å². The first-order valence-corrected chi connectivity index (χ1v) is 5.90. The molecule has 0 aromatic carbocycles. The summed E-state index contributed by atoms with van der Waals surface area (Å²) in [5.74, 6) is 6.34. The molecule has 0 bridgehead atoms. The third-order valence-electron chi connectivity index (χ3n) is 2.08. The standard InChI is InChI=1S/C14H22O/c1-4-6-8-9-11-14(10-7-5-2)12-13(3)15/h12H,4-8,10H2,1-3H3/b14-12+. The van der Waals surface area contributed by atoms with Crippen molar-refractivity contribution < 1.29 is 4.79 Å². The minimum absolute atomic E-state index is 0.103. The molecule has 1 heteroatoms. The molecule has 0 saturated carbocycles. The Morgan fingerprint density at radius 3 is 2.40 bits per heavy atom. The summed E-state index contributed by atoms with van der Waals surface area (Å²) < 4.78 is 0. The number of hydrogen-bond acceptors (Lipinski definition) is 1. The maximum Gasteiger partial charge on any atom is 0.153 e. The molecule has 0 aliphatic heterocycles. The molecule has 0 N–H and O–H groups in total. The van der Waals surface area contributed by atoms with E-state index in [1.54, 1.807) is 13.0 Å². The number of hydrogen-bond donors (Lipinski definition) is 0. The van der Waals surface area contributed by atoms with Gasteiger partial charge in [0.2, 0.25) is 0 Å². The molecule has 0 heterocycles. The monoisotopic (exact) mass is 206 g/mol. The summed E-state index contributed by atoms with van der Waals surface area (Å²) in [6.07, 6.45) is 8.14. The number of carbonyl (C=O) groups is 1. The molecule has 0 amide bonds. The van der Waals surface area contributed by atoms with Gasteiger partial charge in [-0.1, -0.05) is 38.5 Å². The van der Waals surface area contributed by atoms with E-state index in [4.69, 9.17) is 0 Å². The van der Waals surface area contributed by atoms with Gasteiger partial charge in [-0.15, -0.1) is 0 Å². The zero-order valence-electron chi connectivity index (χ0n) is 10.2. The van der Waals surface area contributed by atoms with Gasteiger partial charge in [-0.3, -0.25) is 4.79 Å². The molecule has 0 aliphatic rings. The number of unbranched alkanes of at least 4 members (excludes halogenated alkanes) is 3. The summed E-state index contributed by atoms with van der Waals surface area (Å²) in [6, 6.07) is 0. The Morgan fingerprint density at radius 2 is 1.87 bits per heavy atom. The van der Waals surface area contributed by atoms with Crippen LogP contribution in [0, 0.1) is 11.8 Å². The molecule has 0 fully saturated rings. The molecular formula is C14H22O. The molecule has 1 nitrogen and oxygen atoms in total. The predicted octanol–water partition coefficient (Wildman–Crippen LogP) is 3.89. The van der Waals surface area contributed by atoms with Crippen LogP contribution in [0.2, 0.25) is 0 Å². The minimum atomic E-state index is 0.103. The van der Waals surface area contributed by atoms with Crippen LogP contribution in [0.4, 0.5) is 0 Å². The molecule has 0 unspecified atom stereocenters. The molecule has 0 aromatic rings. The van der Waals surface area contributed by atoms with E-state index in [0.29, 0.717) is 0 Å². The topological polar surface area (TPSA) is 17.1 Å². The smallest absolute Gasteiger partial charge is 0.153 e. The highest BCUT2D eigenvalue weighted by Crippen LogP contribution is 2.06. The molecule has 84 valence electrons. The Kier molecular flexibility index (Phi) is 8.87. The van der Waals surface area contributed by atoms with Crippen LogP contribution in [0.25, 0.3) is 0 Å². The summed E-state index contributed by atoms with van der Waals surface area (Å²) in [6.45, 7) is 5.89. The van der Waals surface area contributed by atoms with Gasteiger partial charge in [0.15, 0.2) is 5.78 Å². The first-order chi connectivity index (χ1) is 7.20. The van der Waals surface area contributed by atoms with Gasteiger partial charge in [-0.05, 0) is 32.3 Å². The number of allylic oxidation sites excluding steroid dienone is 2. The van der Waals surface area contributed by atoms with Crippen LogP contribution in [0.15, 0.2) is 11.6 Å². The van der Waals surface area contributed by atoms with Crippen molar-refractivity contribution in [3.05, 3.63) is 11.6 Å². The molecule has 0 radical (unpaired) electrons. The van der Waals surface area contributed by atoms with E-state index in [0.717, 1.165) is 37.7 Å². The van der Waals surface area contributed by atoms with E-state index in [2.05, 4.69) is 25.7 Å². The zero-order chi connectivity index (χ0) is 11.5. The Hall–Kier alpha value is -1.03. The van der Waals surface area contributed by atoms with E-state index in [-0.39, 0.29) is 5.78 Å². The summed E-state index contributed by atoms with van der Waals surface area (Å²) in [7, 11) is 0. The lowest BCUT2D eigenvalue weighted by Gasteiger charge is -1.96. The third-order valence-corrected chi connectivity index (χ3v) is 2.08. The lowest BCUT2D eigenvalue weighted by molar-refractivity contribution is -0.112. The number of ketones is 1. The average molecular weight is 206 g/mol. The van der Waals surface area contributed by atoms with Crippen molar-refractivity contribution >= 4 is 5.78 Å². The normalized spacial score (nSPS) is 10.7. The van der Waals surface area contributed by atoms with Crippen LogP contribution in [-0.4, -0.2) is 5.78 Å². The average Bonchev–Trinajstić information content (AvgIpc) is 2.19. The summed E-state index contributed by atoms with van der Waals surface area (Å²) in [5.41, 5.74) is 1.00. The highest BCUT2D eigenvalue weighted by molar-refractivity contribution is 5.88. The Bertz CT molecular complexity index is 263. The van der Waals surface area contributed by atoms with Crippen molar-refractivity contribution in [3.8, 4) is 11.8 Å². The summed E-state index contributed by atoms with van der Waals surface area (Å²) in [4.78, 5) is 11.0. The number of carbonyl (C=O) groups excluding carboxylic acids is 1. The van der Waals surface area contributed by atoms with Crippen molar-refractivity contribution in [1.29, 1.82) is 0 Å². The maximum absolute atomic E-state index is 11.0. The van der Waals surface area contributed by atoms with E-state index in [1.165, 1.54) is 6.42 Å². The largest absolute Gasteiger partial charge is 0.295 e. The van der Waals surface area contributed by atoms with Crippen molar-refractivity contribution in [2.24, 2.45) is 0 Å². The van der Waals surface area contributed by atoms with Gasteiger partial charge in [0.05, 0.1) is 0 Å². The van der Waals surface area contributed by atoms with Crippen molar-refractivity contribution in [3.63, 3.8) is 0 Å². The van der Waals surface area contributed by atoms with Gasteiger partial charge >= 0.3 is 0 Å². The third kappa shape index (κ3) is 9.28. The SMILES string of the molecule is CCCCC#C/C(=C/C(C)=O)CCCC. The summed E-state index contributed by atoms with van der Waals surface area (Å²) in [5, 5.41) is 0. The van der Waals surface area contributed by atoms with Gasteiger partial charge < -0.3 is 0 Å². The van der Waals surface area contributed by atoms with Gasteiger partial charge in [0, 0.05) is 12.0 Å². The Balaban J connectivity index is 4.21.